The van der Waals surface area contributed by atoms with E-state index in [9.17, 15) is 0 Å². The standard InChI is InChI=1S/C53H33N5/c1-4-16-35(17-5-1)50-51(36-18-6-2-7-19-36)56-52-39(24-14-25-45(52)55-50)37-28-30-49(54-33-37)58-46-26-13-12-23-41(46)43-31-44-42-29-27-34-15-10-11-22-40(34)53(42)57(47(44)32-48(43)58)38-20-8-3-9-21-38/h1-33H. The minimum absolute atomic E-state index is 0.841. The molecule has 0 unspecified atom stereocenters. The minimum Gasteiger partial charge on any atom is -0.309 e. The first-order valence-electron chi connectivity index (χ1n) is 19.6. The molecule has 0 N–H and O–H groups in total. The van der Waals surface area contributed by atoms with Crippen LogP contribution in [0.5, 0.6) is 0 Å². The van der Waals surface area contributed by atoms with Crippen LogP contribution in [0.25, 0.3) is 111 Å². The zero-order valence-corrected chi connectivity index (χ0v) is 31.3. The Labute approximate surface area is 333 Å². The predicted octanol–water partition coefficient (Wildman–Crippen LogP) is 13.4. The van der Waals surface area contributed by atoms with Crippen LogP contribution in [-0.2, 0) is 0 Å². The Balaban J connectivity index is 1.06. The maximum Gasteiger partial charge on any atom is 0.137 e. The van der Waals surface area contributed by atoms with Gasteiger partial charge in [0.2, 0.25) is 0 Å². The molecule has 4 heterocycles. The number of benzene rings is 8. The van der Waals surface area contributed by atoms with Gasteiger partial charge < -0.3 is 4.57 Å². The second-order valence-corrected chi connectivity index (χ2v) is 14.8. The molecule has 0 radical (unpaired) electrons. The van der Waals surface area contributed by atoms with Crippen LogP contribution in [0.4, 0.5) is 0 Å². The zero-order chi connectivity index (χ0) is 38.2. The van der Waals surface area contributed by atoms with E-state index in [1.807, 2.05) is 48.7 Å². The lowest BCUT2D eigenvalue weighted by Crippen LogP contribution is -1.99. The number of para-hydroxylation sites is 3. The van der Waals surface area contributed by atoms with Crippen molar-refractivity contribution in [3.05, 3.63) is 200 Å². The van der Waals surface area contributed by atoms with Gasteiger partial charge in [0.25, 0.3) is 0 Å². The Morgan fingerprint density at radius 1 is 0.379 bits per heavy atom. The van der Waals surface area contributed by atoms with Crippen LogP contribution in [0, 0.1) is 0 Å². The van der Waals surface area contributed by atoms with Gasteiger partial charge in [0.05, 0.1) is 44.5 Å². The molecule has 0 saturated heterocycles. The number of hydrogen-bond acceptors (Lipinski definition) is 3. The van der Waals surface area contributed by atoms with Crippen LogP contribution in [0.3, 0.4) is 0 Å². The number of fused-ring (bicyclic) bond motifs is 9. The predicted molar refractivity (Wildman–Crippen MR) is 240 cm³/mol. The second-order valence-electron chi connectivity index (χ2n) is 14.8. The normalized spacial score (nSPS) is 11.8. The summed E-state index contributed by atoms with van der Waals surface area (Å²) in [6.45, 7) is 0. The summed E-state index contributed by atoms with van der Waals surface area (Å²) in [7, 11) is 0. The van der Waals surface area contributed by atoms with E-state index in [-0.39, 0.29) is 0 Å². The van der Waals surface area contributed by atoms with Crippen molar-refractivity contribution in [2.45, 2.75) is 0 Å². The van der Waals surface area contributed by atoms with E-state index < -0.39 is 0 Å². The van der Waals surface area contributed by atoms with Crippen molar-refractivity contribution in [3.8, 4) is 45.1 Å². The Morgan fingerprint density at radius 2 is 1.03 bits per heavy atom. The van der Waals surface area contributed by atoms with Crippen molar-refractivity contribution < 1.29 is 0 Å². The van der Waals surface area contributed by atoms with Crippen LogP contribution in [0.15, 0.2) is 200 Å². The molecule has 0 saturated carbocycles. The molecule has 58 heavy (non-hydrogen) atoms. The van der Waals surface area contributed by atoms with E-state index in [1.54, 1.807) is 0 Å². The van der Waals surface area contributed by atoms with Gasteiger partial charge in [-0.2, -0.15) is 0 Å². The number of hydrogen-bond donors (Lipinski definition) is 0. The quantitative estimate of drug-likeness (QED) is 0.177. The molecule has 8 aromatic carbocycles. The van der Waals surface area contributed by atoms with E-state index >= 15 is 0 Å². The molecule has 0 aliphatic heterocycles. The fraction of sp³-hybridized carbons (Fsp3) is 0. The summed E-state index contributed by atoms with van der Waals surface area (Å²) in [5.41, 5.74) is 13.2. The Morgan fingerprint density at radius 3 is 1.79 bits per heavy atom. The fourth-order valence-electron chi connectivity index (χ4n) is 8.91. The van der Waals surface area contributed by atoms with Crippen molar-refractivity contribution >= 4 is 65.4 Å². The summed E-state index contributed by atoms with van der Waals surface area (Å²) in [5, 5.41) is 7.32. The first-order chi connectivity index (χ1) is 28.8. The lowest BCUT2D eigenvalue weighted by molar-refractivity contribution is 1.08. The average Bonchev–Trinajstić information content (AvgIpc) is 3.80. The highest BCUT2D eigenvalue weighted by Crippen LogP contribution is 2.42. The summed E-state index contributed by atoms with van der Waals surface area (Å²) >= 11 is 0. The first-order valence-corrected chi connectivity index (χ1v) is 19.6. The van der Waals surface area contributed by atoms with Gasteiger partial charge in [-0.05, 0) is 53.9 Å². The number of pyridine rings is 1. The van der Waals surface area contributed by atoms with Gasteiger partial charge in [-0.3, -0.25) is 4.57 Å². The molecule has 0 atom stereocenters. The Kier molecular flexibility index (Phi) is 7.16. The topological polar surface area (TPSA) is 48.5 Å². The molecule has 0 aliphatic rings. The third kappa shape index (κ3) is 4.93. The van der Waals surface area contributed by atoms with Crippen LogP contribution in [0.1, 0.15) is 0 Å². The van der Waals surface area contributed by atoms with Gasteiger partial charge in [0, 0.05) is 61.1 Å². The Bertz CT molecular complexity index is 3530. The maximum atomic E-state index is 5.35. The van der Waals surface area contributed by atoms with Crippen molar-refractivity contribution in [3.63, 3.8) is 0 Å². The van der Waals surface area contributed by atoms with Crippen molar-refractivity contribution in [2.24, 2.45) is 0 Å². The van der Waals surface area contributed by atoms with Gasteiger partial charge in [-0.1, -0.05) is 146 Å². The maximum absolute atomic E-state index is 5.35. The summed E-state index contributed by atoms with van der Waals surface area (Å²) in [6.07, 6.45) is 1.98. The molecule has 12 aromatic rings. The summed E-state index contributed by atoms with van der Waals surface area (Å²) in [5.74, 6) is 0.852. The highest BCUT2D eigenvalue weighted by atomic mass is 15.1. The van der Waals surface area contributed by atoms with Gasteiger partial charge >= 0.3 is 0 Å². The second kappa shape index (κ2) is 12.8. The molecular weight excluding hydrogens is 707 g/mol. The molecule has 0 aliphatic carbocycles. The molecule has 270 valence electrons. The molecule has 0 spiro atoms. The lowest BCUT2D eigenvalue weighted by Gasteiger charge is -2.13. The molecule has 4 aromatic heterocycles. The highest BCUT2D eigenvalue weighted by molar-refractivity contribution is 6.23. The number of aromatic nitrogens is 5. The largest absolute Gasteiger partial charge is 0.309 e. The number of nitrogens with zero attached hydrogens (tertiary/aromatic N) is 5. The van der Waals surface area contributed by atoms with Gasteiger partial charge in [0.1, 0.15) is 5.82 Å². The van der Waals surface area contributed by atoms with E-state index in [0.717, 1.165) is 72.7 Å². The zero-order valence-electron chi connectivity index (χ0n) is 31.3. The van der Waals surface area contributed by atoms with Gasteiger partial charge in [-0.25, -0.2) is 15.0 Å². The SMILES string of the molecule is c1ccc(-c2nc3cccc(-c4ccc(-n5c6ccccc6c6cc7c8ccc9ccccc9c8n(-c8ccccc8)c7cc65)nc4)c3nc2-c2ccccc2)cc1. The molecular formula is C53H33N5. The van der Waals surface area contributed by atoms with Crippen LogP contribution < -0.4 is 0 Å². The minimum atomic E-state index is 0.841. The van der Waals surface area contributed by atoms with E-state index in [2.05, 4.69) is 161 Å². The fourth-order valence-corrected chi connectivity index (χ4v) is 8.91. The third-order valence-corrected chi connectivity index (χ3v) is 11.5. The summed E-state index contributed by atoms with van der Waals surface area (Å²) < 4.78 is 4.74. The monoisotopic (exact) mass is 739 g/mol. The average molecular weight is 740 g/mol. The smallest absolute Gasteiger partial charge is 0.137 e. The summed E-state index contributed by atoms with van der Waals surface area (Å²) in [4.78, 5) is 15.8. The third-order valence-electron chi connectivity index (χ3n) is 11.5. The molecule has 0 fully saturated rings. The molecule has 0 bridgehead atoms. The first kappa shape index (κ1) is 32.4. The van der Waals surface area contributed by atoms with Crippen molar-refractivity contribution in [1.29, 1.82) is 0 Å². The van der Waals surface area contributed by atoms with E-state index in [4.69, 9.17) is 15.0 Å². The number of rotatable bonds is 5. The lowest BCUT2D eigenvalue weighted by atomic mass is 10.0. The van der Waals surface area contributed by atoms with Gasteiger partial charge in [-0.15, -0.1) is 0 Å². The van der Waals surface area contributed by atoms with Gasteiger partial charge in [0.15, 0.2) is 0 Å². The van der Waals surface area contributed by atoms with E-state index in [1.165, 1.54) is 37.8 Å². The van der Waals surface area contributed by atoms with E-state index in [0.29, 0.717) is 0 Å². The Hall–Kier alpha value is -7.89. The molecule has 12 rings (SSSR count). The van der Waals surface area contributed by atoms with Crippen LogP contribution in [-0.4, -0.2) is 24.1 Å². The van der Waals surface area contributed by atoms with Crippen LogP contribution >= 0.6 is 0 Å². The molecule has 5 heteroatoms. The van der Waals surface area contributed by atoms with Crippen molar-refractivity contribution in [2.75, 3.05) is 0 Å². The highest BCUT2D eigenvalue weighted by Gasteiger charge is 2.21. The van der Waals surface area contributed by atoms with Crippen LogP contribution in [0.2, 0.25) is 0 Å². The molecule has 5 nitrogen and oxygen atoms in total. The summed E-state index contributed by atoms with van der Waals surface area (Å²) in [6, 6.07) is 68.5. The molecule has 0 amide bonds. The van der Waals surface area contributed by atoms with Crippen molar-refractivity contribution in [1.82, 2.24) is 24.1 Å².